The lowest BCUT2D eigenvalue weighted by Gasteiger charge is -2.20. The molecule has 12 nitrogen and oxygen atoms in total. The molecule has 0 bridgehead atoms. The van der Waals surface area contributed by atoms with Crippen molar-refractivity contribution < 1.29 is 0 Å². The van der Waals surface area contributed by atoms with Gasteiger partial charge in [0.25, 0.3) is 0 Å². The summed E-state index contributed by atoms with van der Waals surface area (Å²) < 4.78 is 3.83. The maximum atomic E-state index is 4.59. The Hall–Kier alpha value is -8.58. The number of rotatable bonds is 20. The molecule has 0 aliphatic carbocycles. The predicted octanol–water partition coefficient (Wildman–Crippen LogP) is 9.96. The van der Waals surface area contributed by atoms with Crippen LogP contribution in [-0.4, -0.2) is 59.7 Å². The fourth-order valence-electron chi connectivity index (χ4n) is 8.70. The van der Waals surface area contributed by atoms with Gasteiger partial charge in [0.2, 0.25) is 0 Å². The first-order valence-corrected chi connectivity index (χ1v) is 23.5. The van der Waals surface area contributed by atoms with Crippen molar-refractivity contribution in [3.8, 4) is 0 Å². The molecule has 0 saturated heterocycles. The maximum Gasteiger partial charge on any atom is 0.0967 e. The average molecular weight is 917 g/mol. The summed E-state index contributed by atoms with van der Waals surface area (Å²) in [5.74, 6) is 0. The third-order valence-corrected chi connectivity index (χ3v) is 11.9. The Kier molecular flexibility index (Phi) is 14.5. The van der Waals surface area contributed by atoms with Gasteiger partial charge in [-0.25, -0.2) is 9.36 Å². The quantitative estimate of drug-likeness (QED) is 0.0684. The van der Waals surface area contributed by atoms with Crippen LogP contribution in [0.15, 0.2) is 219 Å². The monoisotopic (exact) mass is 916 g/mol. The topological polar surface area (TPSA) is 119 Å². The van der Waals surface area contributed by atoms with Crippen LogP contribution >= 0.6 is 0 Å². The summed E-state index contributed by atoms with van der Waals surface area (Å²) >= 11 is 0. The van der Waals surface area contributed by atoms with E-state index in [0.717, 1.165) is 78.7 Å². The van der Waals surface area contributed by atoms with E-state index in [1.807, 2.05) is 119 Å². The molecule has 0 radical (unpaired) electrons. The first-order chi connectivity index (χ1) is 34.6. The molecule has 344 valence electrons. The molecule has 70 heavy (non-hydrogen) atoms. The zero-order chi connectivity index (χ0) is 47.2. The van der Waals surface area contributed by atoms with E-state index in [-0.39, 0.29) is 0 Å². The second kappa shape index (κ2) is 22.5. The lowest BCUT2D eigenvalue weighted by molar-refractivity contribution is 0.238. The molecule has 0 fully saturated rings. The molecular weight excluding hydrogens is 865 g/mol. The number of nitrogens with zero attached hydrogens (tertiary/aromatic N) is 12. The maximum absolute atomic E-state index is 4.59. The normalized spacial score (nSPS) is 11.8. The van der Waals surface area contributed by atoms with Gasteiger partial charge in [0.05, 0.1) is 59.6 Å². The van der Waals surface area contributed by atoms with Gasteiger partial charge in [-0.3, -0.25) is 29.7 Å². The van der Waals surface area contributed by atoms with Gasteiger partial charge in [-0.15, -0.1) is 10.2 Å². The molecular formula is C58H52N12. The SMILES string of the molecule is c1ccc(/C(=C(/c2ccccc2)c2ccc(Cn3cc(CN(Cc4ccccn4)Cc4ccccn4)nn3)cc2)c2ccc(Cn3cc(CN(Cc4ccccn4)Cc4ccccn4)nn3)cc2)cc1. The number of pyridine rings is 4. The smallest absolute Gasteiger partial charge is 0.0967 e. The van der Waals surface area contributed by atoms with Crippen molar-refractivity contribution in [2.45, 2.75) is 52.4 Å². The summed E-state index contributed by atoms with van der Waals surface area (Å²) in [6.07, 6.45) is 11.4. The van der Waals surface area contributed by atoms with Crippen LogP contribution in [0, 0.1) is 0 Å². The van der Waals surface area contributed by atoms with Gasteiger partial charge in [-0.05, 0) is 93.1 Å². The lowest BCUT2D eigenvalue weighted by atomic mass is 9.85. The van der Waals surface area contributed by atoms with Gasteiger partial charge < -0.3 is 0 Å². The molecule has 0 aliphatic rings. The highest BCUT2D eigenvalue weighted by molar-refractivity contribution is 6.04. The van der Waals surface area contributed by atoms with E-state index >= 15 is 0 Å². The number of hydrogen-bond acceptors (Lipinski definition) is 10. The van der Waals surface area contributed by atoms with Crippen molar-refractivity contribution in [3.63, 3.8) is 0 Å². The average Bonchev–Trinajstić information content (AvgIpc) is 4.06. The molecule has 6 aromatic heterocycles. The van der Waals surface area contributed by atoms with E-state index in [1.54, 1.807) is 0 Å². The highest BCUT2D eigenvalue weighted by Crippen LogP contribution is 2.37. The summed E-state index contributed by atoms with van der Waals surface area (Å²) in [7, 11) is 0. The first-order valence-electron chi connectivity index (χ1n) is 23.5. The molecule has 0 amide bonds. The van der Waals surface area contributed by atoms with E-state index in [0.29, 0.717) is 52.4 Å². The van der Waals surface area contributed by atoms with Gasteiger partial charge >= 0.3 is 0 Å². The van der Waals surface area contributed by atoms with Crippen molar-refractivity contribution >= 4 is 11.1 Å². The first kappa shape index (κ1) is 45.2. The number of aromatic nitrogens is 10. The molecule has 0 atom stereocenters. The van der Waals surface area contributed by atoms with E-state index < -0.39 is 0 Å². The summed E-state index contributed by atoms with van der Waals surface area (Å²) in [5.41, 5.74) is 14.8. The molecule has 4 aromatic carbocycles. The van der Waals surface area contributed by atoms with Gasteiger partial charge in [0.1, 0.15) is 0 Å². The van der Waals surface area contributed by atoms with Crippen LogP contribution < -0.4 is 0 Å². The summed E-state index contributed by atoms with van der Waals surface area (Å²) in [6.45, 7) is 5.09. The third-order valence-electron chi connectivity index (χ3n) is 11.9. The van der Waals surface area contributed by atoms with Crippen LogP contribution in [0.25, 0.3) is 11.1 Å². The standard InChI is InChI=1S/C58H52N12/c1-3-15-47(16-4-1)57(49-27-23-45(24-28-49)35-69-43-55(63-65-69)41-67(37-51-19-7-11-31-59-51)38-52-20-8-12-32-60-52)58(48-17-5-2-6-18-48)50-29-25-46(26-30-50)36-70-44-56(64-66-70)42-68(39-53-21-9-13-33-61-53)40-54-22-10-14-34-62-54/h1-34,43-44H,35-42H2/b58-57+. The fourth-order valence-corrected chi connectivity index (χ4v) is 8.70. The predicted molar refractivity (Wildman–Crippen MR) is 272 cm³/mol. The van der Waals surface area contributed by atoms with Gasteiger partial charge in [0.15, 0.2) is 0 Å². The van der Waals surface area contributed by atoms with Gasteiger partial charge in [0, 0.05) is 64.1 Å². The summed E-state index contributed by atoms with van der Waals surface area (Å²) in [6, 6.07) is 63.0. The fraction of sp³-hybridized carbons (Fsp3) is 0.138. The molecule has 0 N–H and O–H groups in total. The Morgan fingerprint density at radius 2 is 0.614 bits per heavy atom. The van der Waals surface area contributed by atoms with E-state index in [2.05, 4.69) is 160 Å². The second-order valence-electron chi connectivity index (χ2n) is 17.3. The van der Waals surface area contributed by atoms with Crippen LogP contribution in [0.4, 0.5) is 0 Å². The molecule has 0 spiro atoms. The number of benzene rings is 4. The number of hydrogen-bond donors (Lipinski definition) is 0. The van der Waals surface area contributed by atoms with Crippen LogP contribution in [0.1, 0.15) is 67.5 Å². The largest absolute Gasteiger partial charge is 0.286 e. The van der Waals surface area contributed by atoms with E-state index in [9.17, 15) is 0 Å². The van der Waals surface area contributed by atoms with Crippen LogP contribution in [0.3, 0.4) is 0 Å². The summed E-state index contributed by atoms with van der Waals surface area (Å²) in [5, 5.41) is 18.3. The highest BCUT2D eigenvalue weighted by Gasteiger charge is 2.18. The Labute approximate surface area is 408 Å². The molecule has 0 unspecified atom stereocenters. The van der Waals surface area contributed by atoms with Crippen molar-refractivity contribution in [2.24, 2.45) is 0 Å². The molecule has 10 rings (SSSR count). The molecule has 0 aliphatic heterocycles. The van der Waals surface area contributed by atoms with Crippen molar-refractivity contribution in [3.05, 3.63) is 287 Å². The lowest BCUT2D eigenvalue weighted by Crippen LogP contribution is -2.23. The van der Waals surface area contributed by atoms with Crippen LogP contribution in [0.5, 0.6) is 0 Å². The minimum atomic E-state index is 0.590. The van der Waals surface area contributed by atoms with Crippen molar-refractivity contribution in [2.75, 3.05) is 0 Å². The van der Waals surface area contributed by atoms with Crippen molar-refractivity contribution in [1.82, 2.24) is 59.7 Å². The zero-order valence-corrected chi connectivity index (χ0v) is 38.8. The molecule has 6 heterocycles. The van der Waals surface area contributed by atoms with Gasteiger partial charge in [-0.1, -0.05) is 144 Å². The van der Waals surface area contributed by atoms with Crippen LogP contribution in [0.2, 0.25) is 0 Å². The Balaban J connectivity index is 0.875. The summed E-state index contributed by atoms with van der Waals surface area (Å²) in [4.78, 5) is 22.9. The van der Waals surface area contributed by atoms with Gasteiger partial charge in [-0.2, -0.15) is 0 Å². The van der Waals surface area contributed by atoms with E-state index in [4.69, 9.17) is 0 Å². The second-order valence-corrected chi connectivity index (χ2v) is 17.3. The minimum Gasteiger partial charge on any atom is -0.286 e. The van der Waals surface area contributed by atoms with Crippen molar-refractivity contribution in [1.29, 1.82) is 0 Å². The Bertz CT molecular complexity index is 2880. The molecule has 0 saturated carbocycles. The minimum absolute atomic E-state index is 0.590. The van der Waals surface area contributed by atoms with Crippen LogP contribution in [-0.2, 0) is 52.4 Å². The molecule has 12 heteroatoms. The van der Waals surface area contributed by atoms with E-state index in [1.165, 1.54) is 0 Å². The third kappa shape index (κ3) is 12.1. The Morgan fingerprint density at radius 3 is 0.929 bits per heavy atom. The Morgan fingerprint density at radius 1 is 0.314 bits per heavy atom. The zero-order valence-electron chi connectivity index (χ0n) is 38.8. The molecule has 10 aromatic rings. The highest BCUT2D eigenvalue weighted by atomic mass is 15.4.